The molecule has 1 aliphatic heterocycles. The van der Waals surface area contributed by atoms with E-state index in [2.05, 4.69) is 27.8 Å². The number of carbonyl (C=O) groups is 2. The van der Waals surface area contributed by atoms with Gasteiger partial charge < -0.3 is 14.6 Å². The van der Waals surface area contributed by atoms with E-state index in [4.69, 9.17) is 4.42 Å². The van der Waals surface area contributed by atoms with Crippen LogP contribution in [0.15, 0.2) is 40.5 Å². The molecule has 1 atom stereocenters. The third kappa shape index (κ3) is 4.76. The van der Waals surface area contributed by atoms with E-state index in [9.17, 15) is 9.59 Å². The fourth-order valence-electron chi connectivity index (χ4n) is 3.52. The largest absolute Gasteiger partial charge is 0.472 e. The Labute approximate surface area is 177 Å². The van der Waals surface area contributed by atoms with Crippen molar-refractivity contribution < 1.29 is 14.0 Å². The topological polar surface area (TPSA) is 75.4 Å². The molecule has 6 nitrogen and oxygen atoms in total. The van der Waals surface area contributed by atoms with Gasteiger partial charge in [0.15, 0.2) is 0 Å². The number of aromatic nitrogens is 1. The Bertz CT molecular complexity index is 977. The van der Waals surface area contributed by atoms with Gasteiger partial charge in [-0.15, -0.1) is 22.7 Å². The lowest BCUT2D eigenvalue weighted by molar-refractivity contribution is -0.126. The predicted molar refractivity (Wildman–Crippen MR) is 114 cm³/mol. The van der Waals surface area contributed by atoms with Crippen LogP contribution in [0, 0.1) is 12.8 Å². The predicted octanol–water partition coefficient (Wildman–Crippen LogP) is 3.98. The minimum absolute atomic E-state index is 0.0293. The van der Waals surface area contributed by atoms with E-state index in [1.54, 1.807) is 33.6 Å². The van der Waals surface area contributed by atoms with Gasteiger partial charge in [0.2, 0.25) is 5.91 Å². The number of rotatable bonds is 6. The lowest BCUT2D eigenvalue weighted by Gasteiger charge is -2.31. The SMILES string of the molecule is Cc1nc(-c2ccc(CCNC(=O)[C@@H]3CCCN(C(=O)c4ccoc4)C3)s2)cs1. The number of likely N-dealkylation sites (tertiary alicyclic amines) is 1. The van der Waals surface area contributed by atoms with Crippen molar-refractivity contribution in [1.29, 1.82) is 0 Å². The van der Waals surface area contributed by atoms with Crippen LogP contribution in [0.4, 0.5) is 0 Å². The molecule has 1 N–H and O–H groups in total. The van der Waals surface area contributed by atoms with E-state index in [1.807, 2.05) is 6.92 Å². The first kappa shape index (κ1) is 19.8. The molecule has 0 radical (unpaired) electrons. The molecule has 4 heterocycles. The quantitative estimate of drug-likeness (QED) is 0.643. The van der Waals surface area contributed by atoms with Crippen molar-refractivity contribution in [3.8, 4) is 10.6 Å². The highest BCUT2D eigenvalue weighted by molar-refractivity contribution is 7.16. The van der Waals surface area contributed by atoms with Crippen LogP contribution in [-0.4, -0.2) is 41.3 Å². The molecule has 2 amide bonds. The van der Waals surface area contributed by atoms with E-state index in [0.717, 1.165) is 34.8 Å². The van der Waals surface area contributed by atoms with Crippen molar-refractivity contribution in [2.75, 3.05) is 19.6 Å². The third-order valence-corrected chi connectivity index (χ3v) is 6.99. The fourth-order valence-corrected chi connectivity index (χ4v) is 5.18. The monoisotopic (exact) mass is 429 g/mol. The average molecular weight is 430 g/mol. The van der Waals surface area contributed by atoms with Crippen LogP contribution in [0.3, 0.4) is 0 Å². The molecule has 1 aliphatic rings. The van der Waals surface area contributed by atoms with Gasteiger partial charge in [-0.1, -0.05) is 0 Å². The van der Waals surface area contributed by atoms with Gasteiger partial charge in [-0.2, -0.15) is 0 Å². The number of nitrogens with one attached hydrogen (secondary N) is 1. The van der Waals surface area contributed by atoms with Crippen molar-refractivity contribution in [3.63, 3.8) is 0 Å². The van der Waals surface area contributed by atoms with Crippen molar-refractivity contribution in [1.82, 2.24) is 15.2 Å². The van der Waals surface area contributed by atoms with E-state index in [1.165, 1.54) is 17.4 Å². The van der Waals surface area contributed by atoms with Gasteiger partial charge in [0.25, 0.3) is 5.91 Å². The van der Waals surface area contributed by atoms with Gasteiger partial charge in [0.05, 0.1) is 33.3 Å². The molecular weight excluding hydrogens is 406 g/mol. The molecule has 0 spiro atoms. The fraction of sp³-hybridized carbons (Fsp3) is 0.381. The molecule has 0 unspecified atom stereocenters. The van der Waals surface area contributed by atoms with Crippen LogP contribution in [0.1, 0.15) is 33.1 Å². The lowest BCUT2D eigenvalue weighted by Crippen LogP contribution is -2.45. The molecule has 0 aliphatic carbocycles. The van der Waals surface area contributed by atoms with Gasteiger partial charge in [-0.3, -0.25) is 9.59 Å². The first-order chi connectivity index (χ1) is 14.1. The van der Waals surface area contributed by atoms with E-state index in [-0.39, 0.29) is 17.7 Å². The second-order valence-corrected chi connectivity index (χ2v) is 9.39. The number of thiazole rings is 1. The van der Waals surface area contributed by atoms with Crippen molar-refractivity contribution in [3.05, 3.63) is 51.6 Å². The lowest BCUT2D eigenvalue weighted by atomic mass is 9.96. The summed E-state index contributed by atoms with van der Waals surface area (Å²) in [4.78, 5) is 33.7. The molecule has 0 bridgehead atoms. The minimum atomic E-state index is -0.156. The van der Waals surface area contributed by atoms with Crippen LogP contribution in [0.25, 0.3) is 10.6 Å². The van der Waals surface area contributed by atoms with Crippen LogP contribution >= 0.6 is 22.7 Å². The molecule has 152 valence electrons. The van der Waals surface area contributed by atoms with Crippen molar-refractivity contribution in [2.24, 2.45) is 5.92 Å². The Kier molecular flexibility index (Phi) is 6.10. The van der Waals surface area contributed by atoms with Crippen LogP contribution in [0.5, 0.6) is 0 Å². The maximum Gasteiger partial charge on any atom is 0.257 e. The van der Waals surface area contributed by atoms with E-state index < -0.39 is 0 Å². The van der Waals surface area contributed by atoms with E-state index >= 15 is 0 Å². The molecule has 0 saturated carbocycles. The Balaban J connectivity index is 1.26. The number of nitrogens with zero attached hydrogens (tertiary/aromatic N) is 2. The number of furan rings is 1. The summed E-state index contributed by atoms with van der Waals surface area (Å²) in [5, 5.41) is 6.19. The third-order valence-electron chi connectivity index (χ3n) is 5.05. The summed E-state index contributed by atoms with van der Waals surface area (Å²) in [5.41, 5.74) is 1.56. The number of hydrogen-bond donors (Lipinski definition) is 1. The van der Waals surface area contributed by atoms with Gasteiger partial charge in [0.1, 0.15) is 6.26 Å². The number of carbonyl (C=O) groups excluding carboxylic acids is 2. The zero-order valence-electron chi connectivity index (χ0n) is 16.2. The standard InChI is InChI=1S/C21H23N3O3S2/c1-14-23-18(13-28-14)19-5-4-17(29-19)6-8-22-20(25)15-3-2-9-24(11-15)21(26)16-7-10-27-12-16/h4-5,7,10,12-13,15H,2-3,6,8-9,11H2,1H3,(H,22,25)/t15-/m1/s1. The average Bonchev–Trinajstić information content (AvgIpc) is 3.49. The Morgan fingerprint density at radius 2 is 2.24 bits per heavy atom. The minimum Gasteiger partial charge on any atom is -0.472 e. The van der Waals surface area contributed by atoms with E-state index in [0.29, 0.717) is 25.2 Å². The molecule has 3 aromatic rings. The highest BCUT2D eigenvalue weighted by Crippen LogP contribution is 2.29. The summed E-state index contributed by atoms with van der Waals surface area (Å²) in [6.07, 6.45) is 5.39. The number of aryl methyl sites for hydroxylation is 1. The van der Waals surface area contributed by atoms with Crippen molar-refractivity contribution >= 4 is 34.5 Å². The van der Waals surface area contributed by atoms with Gasteiger partial charge in [-0.05, 0) is 44.4 Å². The summed E-state index contributed by atoms with van der Waals surface area (Å²) >= 11 is 3.37. The Morgan fingerprint density at radius 3 is 3.00 bits per heavy atom. The zero-order chi connectivity index (χ0) is 20.2. The summed E-state index contributed by atoms with van der Waals surface area (Å²) in [7, 11) is 0. The second kappa shape index (κ2) is 8.92. The second-order valence-electron chi connectivity index (χ2n) is 7.16. The Hall–Kier alpha value is -2.45. The summed E-state index contributed by atoms with van der Waals surface area (Å²) in [5.74, 6) is -0.197. The number of piperidine rings is 1. The molecule has 0 aromatic carbocycles. The van der Waals surface area contributed by atoms with Crippen LogP contribution in [0.2, 0.25) is 0 Å². The maximum atomic E-state index is 12.6. The first-order valence-corrected chi connectivity index (χ1v) is 11.4. The highest BCUT2D eigenvalue weighted by atomic mass is 32.1. The van der Waals surface area contributed by atoms with Crippen LogP contribution < -0.4 is 5.32 Å². The summed E-state index contributed by atoms with van der Waals surface area (Å²) in [6.45, 7) is 3.75. The normalized spacial score (nSPS) is 16.7. The summed E-state index contributed by atoms with van der Waals surface area (Å²) < 4.78 is 5.00. The smallest absolute Gasteiger partial charge is 0.257 e. The molecule has 4 rings (SSSR count). The molecule has 1 saturated heterocycles. The van der Waals surface area contributed by atoms with Crippen LogP contribution in [-0.2, 0) is 11.2 Å². The summed E-state index contributed by atoms with van der Waals surface area (Å²) in [6, 6.07) is 5.86. The van der Waals surface area contributed by atoms with Crippen molar-refractivity contribution in [2.45, 2.75) is 26.2 Å². The first-order valence-electron chi connectivity index (χ1n) is 9.70. The van der Waals surface area contributed by atoms with Gasteiger partial charge in [0, 0.05) is 29.9 Å². The molecule has 1 fully saturated rings. The highest BCUT2D eigenvalue weighted by Gasteiger charge is 2.29. The molecule has 3 aromatic heterocycles. The Morgan fingerprint density at radius 1 is 1.34 bits per heavy atom. The maximum absolute atomic E-state index is 12.6. The number of hydrogen-bond acceptors (Lipinski definition) is 6. The molecular formula is C21H23N3O3S2. The zero-order valence-corrected chi connectivity index (χ0v) is 17.9. The van der Waals surface area contributed by atoms with Gasteiger partial charge >= 0.3 is 0 Å². The molecule has 8 heteroatoms. The number of thiophene rings is 1. The number of amides is 2. The molecule has 29 heavy (non-hydrogen) atoms. The van der Waals surface area contributed by atoms with Gasteiger partial charge in [-0.25, -0.2) is 4.98 Å².